The van der Waals surface area contributed by atoms with Gasteiger partial charge in [0.25, 0.3) is 0 Å². The minimum absolute atomic E-state index is 0.262. The highest BCUT2D eigenvalue weighted by Crippen LogP contribution is 2.35. The second-order valence-electron chi connectivity index (χ2n) is 18.1. The topological polar surface area (TPSA) is 182 Å². The third-order valence-electron chi connectivity index (χ3n) is 14.1. The molecule has 338 valence electrons. The number of morpholine rings is 1. The Bertz CT molecular complexity index is 2760. The molecule has 2 amide bonds. The zero-order valence-electron chi connectivity index (χ0n) is 36.6. The first kappa shape index (κ1) is 41.9. The number of hydrogen-bond acceptors (Lipinski definition) is 13. The molecular formula is C48H52FN14O3+. The number of benzene rings is 1. The molecule has 5 aromatic heterocycles. The summed E-state index contributed by atoms with van der Waals surface area (Å²) in [5, 5.41) is 24.9. The Hall–Kier alpha value is -6.81. The van der Waals surface area contributed by atoms with Crippen molar-refractivity contribution in [1.82, 2.24) is 49.5 Å². The third-order valence-corrected chi connectivity index (χ3v) is 14.1. The van der Waals surface area contributed by atoms with Crippen LogP contribution in [0, 0.1) is 17.1 Å². The predicted molar refractivity (Wildman–Crippen MR) is 245 cm³/mol. The number of aromatic nitrogens is 7. The Morgan fingerprint density at radius 2 is 1.65 bits per heavy atom. The van der Waals surface area contributed by atoms with Gasteiger partial charge >= 0.3 is 0 Å². The summed E-state index contributed by atoms with van der Waals surface area (Å²) in [5.74, 6) is -0.0751. The molecule has 9 heterocycles. The summed E-state index contributed by atoms with van der Waals surface area (Å²) >= 11 is 0. The van der Waals surface area contributed by atoms with Crippen molar-refractivity contribution in [2.45, 2.75) is 75.3 Å². The largest absolute Gasteiger partial charge is 0.431 e. The van der Waals surface area contributed by atoms with Crippen LogP contribution >= 0.6 is 0 Å². The molecule has 66 heavy (non-hydrogen) atoms. The predicted octanol–water partition coefficient (Wildman–Crippen LogP) is 4.18. The summed E-state index contributed by atoms with van der Waals surface area (Å²) in [6.45, 7) is 7.23. The van der Waals surface area contributed by atoms with E-state index in [1.807, 2.05) is 43.0 Å². The molecule has 18 heteroatoms. The Balaban J connectivity index is 0.722. The second kappa shape index (κ2) is 17.9. The standard InChI is InChI=1S/C48H51FN14O3/c49-40-19-34(55-41-10-13-45(64)57-48(41)65)5-11-43(40)59-17-15-58(16-18-59)36-6-8-37(9-7-36)62-24-33(23-53-62)42-28-63-47(32(20-50)22-54-63)46(56-42)31-4-12-44(52-21-31)60-26-38-29-66-30-39(27-60)61(38)25-35-3-1-2-14-51-35/h1-5,11-12,14,19,21-24,28,36-39,41,55H,6-10,13,15-18,25-27,29-30H2,(H,57,64,65)/p+1. The molecule has 1 saturated carbocycles. The maximum absolute atomic E-state index is 15.4. The van der Waals surface area contributed by atoms with Gasteiger partial charge < -0.3 is 19.9 Å². The molecule has 0 spiro atoms. The molecular weight excluding hydrogens is 840 g/mol. The summed E-state index contributed by atoms with van der Waals surface area (Å²) < 4.78 is 24.0. The Morgan fingerprint density at radius 1 is 0.833 bits per heavy atom. The summed E-state index contributed by atoms with van der Waals surface area (Å²) in [6.07, 6.45) is 15.9. The molecule has 3 atom stereocenters. The number of nitrogens with zero attached hydrogens (tertiary/aromatic N) is 12. The molecule has 3 N–H and O–H groups in total. The van der Waals surface area contributed by atoms with E-state index >= 15 is 4.39 Å². The number of nitrogens with one attached hydrogen (secondary N) is 2. The summed E-state index contributed by atoms with van der Waals surface area (Å²) in [4.78, 5) is 47.9. The molecule has 1 aromatic carbocycles. The van der Waals surface area contributed by atoms with Crippen LogP contribution in [0.15, 0.2) is 85.7 Å². The van der Waals surface area contributed by atoms with Crippen molar-refractivity contribution in [1.29, 1.82) is 5.26 Å². The van der Waals surface area contributed by atoms with Crippen molar-refractivity contribution in [3.63, 3.8) is 0 Å². The van der Waals surface area contributed by atoms with E-state index in [9.17, 15) is 14.9 Å². The first-order valence-electron chi connectivity index (χ1n) is 23.1. The van der Waals surface area contributed by atoms with E-state index in [1.54, 1.807) is 22.8 Å². The van der Waals surface area contributed by atoms with Crippen molar-refractivity contribution < 1.29 is 18.7 Å². The SMILES string of the molecule is N#Cc1cnn2cc(-c3cnn(C4CCC(N5CCN(c6ccc(NC7CCC(=O)NC7=O)cc6F)CC5)CC4)c3)nc(-c3ccc(N4CC5C[OH+]CC(C4)N5Cc4ccccn4)nc3)c12. The molecule has 6 aromatic rings. The van der Waals surface area contributed by atoms with Gasteiger partial charge in [0.2, 0.25) is 11.8 Å². The lowest BCUT2D eigenvalue weighted by Gasteiger charge is -2.47. The molecule has 5 aliphatic rings. The maximum atomic E-state index is 15.4. The van der Waals surface area contributed by atoms with E-state index in [0.29, 0.717) is 46.3 Å². The summed E-state index contributed by atoms with van der Waals surface area (Å²) in [7, 11) is 0. The van der Waals surface area contributed by atoms with Crippen LogP contribution in [0.4, 0.5) is 21.6 Å². The number of rotatable bonds is 10. The lowest BCUT2D eigenvalue weighted by atomic mass is 9.90. The van der Waals surface area contributed by atoms with Crippen LogP contribution in [0.2, 0.25) is 0 Å². The number of imide groups is 1. The fraction of sp³-hybridized carbons (Fsp3) is 0.417. The number of fused-ring (bicyclic) bond motifs is 3. The summed E-state index contributed by atoms with van der Waals surface area (Å²) in [5.41, 5.74) is 6.29. The lowest BCUT2D eigenvalue weighted by Crippen LogP contribution is -2.65. The Kier molecular flexibility index (Phi) is 11.3. The highest BCUT2D eigenvalue weighted by Gasteiger charge is 2.41. The van der Waals surface area contributed by atoms with Gasteiger partial charge in [0.05, 0.1) is 59.5 Å². The molecule has 3 unspecified atom stereocenters. The van der Waals surface area contributed by atoms with Gasteiger partial charge in [0.15, 0.2) is 13.2 Å². The number of ether oxygens (including phenoxy) is 1. The van der Waals surface area contributed by atoms with Crippen molar-refractivity contribution in [3.8, 4) is 28.6 Å². The summed E-state index contributed by atoms with van der Waals surface area (Å²) in [6, 6.07) is 18.2. The fourth-order valence-electron chi connectivity index (χ4n) is 10.6. The first-order valence-corrected chi connectivity index (χ1v) is 23.1. The number of halogens is 1. The quantitative estimate of drug-likeness (QED) is 0.148. The van der Waals surface area contributed by atoms with E-state index in [1.165, 1.54) is 6.07 Å². The number of carbonyl (C=O) groups excluding carboxylic acids is 2. The van der Waals surface area contributed by atoms with Gasteiger partial charge in [-0.2, -0.15) is 15.5 Å². The molecule has 4 aliphatic heterocycles. The van der Waals surface area contributed by atoms with Crippen LogP contribution in [0.25, 0.3) is 28.0 Å². The number of piperidine rings is 1. The lowest BCUT2D eigenvalue weighted by molar-refractivity contribution is -0.156. The van der Waals surface area contributed by atoms with Crippen molar-refractivity contribution >= 4 is 34.5 Å². The number of anilines is 3. The number of piperazine rings is 2. The van der Waals surface area contributed by atoms with E-state index in [2.05, 4.69) is 69.4 Å². The van der Waals surface area contributed by atoms with Crippen LogP contribution in [0.5, 0.6) is 0 Å². The van der Waals surface area contributed by atoms with E-state index in [4.69, 9.17) is 19.8 Å². The average molecular weight is 892 g/mol. The number of aliphatic hydroxyl groups is 2. The van der Waals surface area contributed by atoms with Gasteiger partial charge in [0.1, 0.15) is 34.8 Å². The third kappa shape index (κ3) is 8.33. The van der Waals surface area contributed by atoms with E-state index in [-0.39, 0.29) is 42.2 Å². The van der Waals surface area contributed by atoms with Crippen LogP contribution in [-0.4, -0.2) is 137 Å². The maximum Gasteiger partial charge on any atom is 0.249 e. The van der Waals surface area contributed by atoms with E-state index < -0.39 is 6.04 Å². The number of hydrogen-bond donors (Lipinski definition) is 2. The molecule has 11 rings (SSSR count). The monoisotopic (exact) mass is 891 g/mol. The molecule has 2 bridgehead atoms. The number of carbonyl (C=O) groups is 2. The minimum Gasteiger partial charge on any atom is -0.431 e. The van der Waals surface area contributed by atoms with Gasteiger partial charge in [-0.05, 0) is 74.6 Å². The zero-order chi connectivity index (χ0) is 44.7. The normalized spacial score (nSPS) is 24.0. The number of amides is 2. The van der Waals surface area contributed by atoms with Crippen molar-refractivity contribution in [2.24, 2.45) is 0 Å². The average Bonchev–Trinajstić information content (AvgIpc) is 4.01. The van der Waals surface area contributed by atoms with Gasteiger partial charge in [-0.15, -0.1) is 0 Å². The smallest absolute Gasteiger partial charge is 0.249 e. The minimum atomic E-state index is -0.558. The first-order chi connectivity index (χ1) is 32.3. The number of nitriles is 1. The van der Waals surface area contributed by atoms with Gasteiger partial charge in [-0.25, -0.2) is 18.9 Å². The molecule has 17 nitrogen and oxygen atoms in total. The van der Waals surface area contributed by atoms with Crippen LogP contribution in [-0.2, 0) is 16.1 Å². The molecule has 0 radical (unpaired) electrons. The van der Waals surface area contributed by atoms with Crippen molar-refractivity contribution in [3.05, 3.63) is 103 Å². The molecule has 1 aliphatic carbocycles. The van der Waals surface area contributed by atoms with Crippen LogP contribution in [0.3, 0.4) is 0 Å². The highest BCUT2D eigenvalue weighted by atomic mass is 19.1. The molecule has 4 saturated heterocycles. The fourth-order valence-corrected chi connectivity index (χ4v) is 10.6. The number of pyridine rings is 2. The van der Waals surface area contributed by atoms with Gasteiger partial charge in [0, 0.05) is 93.7 Å². The Morgan fingerprint density at radius 3 is 2.38 bits per heavy atom. The van der Waals surface area contributed by atoms with Crippen molar-refractivity contribution in [2.75, 3.05) is 67.6 Å². The zero-order valence-corrected chi connectivity index (χ0v) is 36.6. The van der Waals surface area contributed by atoms with Crippen LogP contribution < -0.4 is 20.4 Å². The second-order valence-corrected chi connectivity index (χ2v) is 18.1. The Labute approximate surface area is 381 Å². The van der Waals surface area contributed by atoms with Crippen LogP contribution in [0.1, 0.15) is 55.8 Å². The van der Waals surface area contributed by atoms with Gasteiger partial charge in [-0.3, -0.25) is 34.4 Å². The highest BCUT2D eigenvalue weighted by molar-refractivity contribution is 6.01. The van der Waals surface area contributed by atoms with E-state index in [0.717, 1.165) is 107 Å². The van der Waals surface area contributed by atoms with Gasteiger partial charge in [-0.1, -0.05) is 6.07 Å². The molecule has 5 fully saturated rings.